The number of aliphatic hydroxyl groups excluding tert-OH is 12. The van der Waals surface area contributed by atoms with Crippen LogP contribution in [0.15, 0.2) is 11.6 Å². The molecule has 0 amide bonds. The predicted molar refractivity (Wildman–Crippen MR) is 218 cm³/mol. The van der Waals surface area contributed by atoms with Crippen LogP contribution in [-0.2, 0) is 37.9 Å². The number of fused-ring (bicyclic) bond motifs is 7. The standard InChI is InChI=1S/C45H72O20/c1-17-11-26(49)45(58-16-17)18(2)27-38(65-45)31(52)28-21-6-5-19-12-20(7-9-43(19,3)22(21)8-10-44(27,28)4)59-40-36(57)34(55)37(25(15-48)62-40)63-42-39(33(54)30(51)24(14-47)61-42)64-41-35(56)32(53)29(50)23(13-46)60-41/h5,17-18,20-42,46-57H,6-16H2,1-4H3. The molecule has 4 aliphatic carbocycles. The van der Waals surface area contributed by atoms with E-state index in [1.165, 1.54) is 5.57 Å². The number of aliphatic hydroxyl groups is 12. The van der Waals surface area contributed by atoms with Gasteiger partial charge in [0.1, 0.15) is 79.4 Å². The maximum atomic E-state index is 12.2. The van der Waals surface area contributed by atoms with Crippen molar-refractivity contribution in [1.29, 1.82) is 0 Å². The summed E-state index contributed by atoms with van der Waals surface area (Å²) < 4.78 is 48.3. The smallest absolute Gasteiger partial charge is 0.197 e. The van der Waals surface area contributed by atoms with Gasteiger partial charge in [-0.15, -0.1) is 0 Å². The third kappa shape index (κ3) is 7.82. The van der Waals surface area contributed by atoms with E-state index in [0.29, 0.717) is 31.8 Å². The van der Waals surface area contributed by atoms with Gasteiger partial charge in [0, 0.05) is 11.8 Å². The summed E-state index contributed by atoms with van der Waals surface area (Å²) in [6.07, 6.45) is -20.0. The topological polar surface area (TPSA) is 317 Å². The SMILES string of the molecule is CC1COC2(OC3C(O)C4C5CC=C6CC(OC7OC(CO)C(OC8OC(CO)C(O)C(O)C8OC8OC(CO)C(O)C(O)C8O)C(O)C7O)CCC6(C)C5CCC4(C)C3C2C)C(O)C1. The number of hydrogen-bond acceptors (Lipinski definition) is 20. The minimum atomic E-state index is -1.91. The van der Waals surface area contributed by atoms with Crippen LogP contribution in [0.5, 0.6) is 0 Å². The Morgan fingerprint density at radius 1 is 0.646 bits per heavy atom. The quantitative estimate of drug-likeness (QED) is 0.103. The van der Waals surface area contributed by atoms with Crippen molar-refractivity contribution < 1.29 is 99.2 Å². The summed E-state index contributed by atoms with van der Waals surface area (Å²) in [6.45, 7) is 6.99. The summed E-state index contributed by atoms with van der Waals surface area (Å²) in [5.74, 6) is -0.400. The van der Waals surface area contributed by atoms with Gasteiger partial charge in [0.15, 0.2) is 24.7 Å². The van der Waals surface area contributed by atoms with Gasteiger partial charge in [0.2, 0.25) is 0 Å². The lowest BCUT2D eigenvalue weighted by Gasteiger charge is -2.59. The second-order valence-electron chi connectivity index (χ2n) is 21.3. The Morgan fingerprint density at radius 2 is 1.25 bits per heavy atom. The average Bonchev–Trinajstić information content (AvgIpc) is 3.71. The molecule has 5 saturated heterocycles. The lowest BCUT2D eigenvalue weighted by molar-refractivity contribution is -0.390. The Kier molecular flexibility index (Phi) is 13.8. The van der Waals surface area contributed by atoms with Crippen molar-refractivity contribution in [2.24, 2.45) is 46.3 Å². The molecule has 0 aromatic carbocycles. The van der Waals surface area contributed by atoms with Crippen molar-refractivity contribution in [3.05, 3.63) is 11.6 Å². The van der Waals surface area contributed by atoms with E-state index in [1.807, 2.05) is 0 Å². The first kappa shape index (κ1) is 48.9. The summed E-state index contributed by atoms with van der Waals surface area (Å²) in [7, 11) is 0. The molecule has 28 atom stereocenters. The second-order valence-corrected chi connectivity index (χ2v) is 21.3. The molecule has 5 heterocycles. The molecule has 372 valence electrons. The van der Waals surface area contributed by atoms with E-state index >= 15 is 0 Å². The molecule has 0 aromatic heterocycles. The molecule has 0 bridgehead atoms. The van der Waals surface area contributed by atoms with Crippen LogP contribution in [0.2, 0.25) is 0 Å². The maximum Gasteiger partial charge on any atom is 0.197 e. The van der Waals surface area contributed by atoms with E-state index in [1.54, 1.807) is 0 Å². The molecular weight excluding hydrogens is 860 g/mol. The highest BCUT2D eigenvalue weighted by molar-refractivity contribution is 5.27. The fraction of sp³-hybridized carbons (Fsp3) is 0.956. The minimum Gasteiger partial charge on any atom is -0.394 e. The van der Waals surface area contributed by atoms with Crippen LogP contribution in [0.4, 0.5) is 0 Å². The first-order chi connectivity index (χ1) is 30.8. The molecule has 9 aliphatic rings. The van der Waals surface area contributed by atoms with Crippen LogP contribution in [-0.4, -0.2) is 210 Å². The molecule has 3 saturated carbocycles. The van der Waals surface area contributed by atoms with Gasteiger partial charge >= 0.3 is 0 Å². The van der Waals surface area contributed by atoms with Crippen molar-refractivity contribution in [2.45, 2.75) is 195 Å². The molecule has 8 fully saturated rings. The highest BCUT2D eigenvalue weighted by Crippen LogP contribution is 2.70. The zero-order chi connectivity index (χ0) is 46.7. The first-order valence-electron chi connectivity index (χ1n) is 23.7. The van der Waals surface area contributed by atoms with Crippen molar-refractivity contribution in [2.75, 3.05) is 26.4 Å². The summed E-state index contributed by atoms with van der Waals surface area (Å²) in [4.78, 5) is 0. The fourth-order valence-corrected chi connectivity index (χ4v) is 14.3. The lowest BCUT2D eigenvalue weighted by atomic mass is 9.46. The maximum absolute atomic E-state index is 12.2. The van der Waals surface area contributed by atoms with E-state index in [-0.39, 0.29) is 40.4 Å². The zero-order valence-electron chi connectivity index (χ0n) is 37.4. The number of hydrogen-bond donors (Lipinski definition) is 12. The molecule has 9 rings (SSSR count). The third-order valence-corrected chi connectivity index (χ3v) is 17.8. The van der Waals surface area contributed by atoms with Crippen LogP contribution in [0.25, 0.3) is 0 Å². The number of ether oxygens (including phenoxy) is 8. The first-order valence-corrected chi connectivity index (χ1v) is 23.7. The van der Waals surface area contributed by atoms with Crippen LogP contribution >= 0.6 is 0 Å². The van der Waals surface area contributed by atoms with Gasteiger partial charge in [-0.2, -0.15) is 0 Å². The van der Waals surface area contributed by atoms with Crippen LogP contribution in [0.3, 0.4) is 0 Å². The van der Waals surface area contributed by atoms with Gasteiger partial charge in [0.05, 0.1) is 44.7 Å². The Bertz CT molecular complexity index is 1710. The molecule has 0 aromatic rings. The molecule has 1 spiro atoms. The minimum absolute atomic E-state index is 0.00796. The Labute approximate surface area is 377 Å². The third-order valence-electron chi connectivity index (χ3n) is 17.8. The molecule has 20 nitrogen and oxygen atoms in total. The second kappa shape index (κ2) is 18.3. The highest BCUT2D eigenvalue weighted by atomic mass is 16.8. The van der Waals surface area contributed by atoms with Gasteiger partial charge in [0.25, 0.3) is 0 Å². The van der Waals surface area contributed by atoms with Crippen molar-refractivity contribution in [3.63, 3.8) is 0 Å². The fourth-order valence-electron chi connectivity index (χ4n) is 14.3. The average molecular weight is 933 g/mol. The monoisotopic (exact) mass is 932 g/mol. The molecule has 0 radical (unpaired) electrons. The van der Waals surface area contributed by atoms with E-state index in [4.69, 9.17) is 37.9 Å². The largest absolute Gasteiger partial charge is 0.394 e. The van der Waals surface area contributed by atoms with Gasteiger partial charge < -0.3 is 99.2 Å². The number of rotatable bonds is 9. The van der Waals surface area contributed by atoms with Gasteiger partial charge in [-0.1, -0.05) is 39.3 Å². The van der Waals surface area contributed by atoms with E-state index in [9.17, 15) is 61.3 Å². The van der Waals surface area contributed by atoms with Gasteiger partial charge in [-0.3, -0.25) is 0 Å². The van der Waals surface area contributed by atoms with Crippen LogP contribution in [0, 0.1) is 46.3 Å². The Hall–Kier alpha value is -1.06. The van der Waals surface area contributed by atoms with Crippen molar-refractivity contribution in [1.82, 2.24) is 0 Å². The predicted octanol–water partition coefficient (Wildman–Crippen LogP) is -2.87. The van der Waals surface area contributed by atoms with Gasteiger partial charge in [-0.25, -0.2) is 0 Å². The number of allylic oxidation sites excluding steroid dienone is 1. The van der Waals surface area contributed by atoms with E-state index in [2.05, 4.69) is 33.8 Å². The Balaban J connectivity index is 0.860. The summed E-state index contributed by atoms with van der Waals surface area (Å²) in [6, 6.07) is 0. The Morgan fingerprint density at radius 3 is 1.92 bits per heavy atom. The summed E-state index contributed by atoms with van der Waals surface area (Å²) in [5.41, 5.74) is 0.851. The highest BCUT2D eigenvalue weighted by Gasteiger charge is 2.73. The zero-order valence-corrected chi connectivity index (χ0v) is 37.4. The summed E-state index contributed by atoms with van der Waals surface area (Å²) in [5, 5.41) is 129. The van der Waals surface area contributed by atoms with Crippen LogP contribution in [0.1, 0.15) is 72.6 Å². The van der Waals surface area contributed by atoms with Crippen molar-refractivity contribution in [3.8, 4) is 0 Å². The lowest BCUT2D eigenvalue weighted by Crippen LogP contribution is -2.67. The normalized spacial score (nSPS) is 57.8. The molecule has 28 unspecified atom stereocenters. The molecule has 12 N–H and O–H groups in total. The van der Waals surface area contributed by atoms with E-state index in [0.717, 1.165) is 25.7 Å². The molecular formula is C45H72O20. The van der Waals surface area contributed by atoms with E-state index < -0.39 is 142 Å². The van der Waals surface area contributed by atoms with Gasteiger partial charge in [-0.05, 0) is 79.4 Å². The van der Waals surface area contributed by atoms with Crippen molar-refractivity contribution >= 4 is 0 Å². The molecule has 65 heavy (non-hydrogen) atoms. The molecule has 20 heteroatoms. The van der Waals surface area contributed by atoms with Crippen LogP contribution < -0.4 is 0 Å². The summed E-state index contributed by atoms with van der Waals surface area (Å²) >= 11 is 0. The molecule has 5 aliphatic heterocycles.